The maximum Gasteiger partial charge on any atom is 0.478 e. The van der Waals surface area contributed by atoms with E-state index in [4.69, 9.17) is 14.9 Å². The highest BCUT2D eigenvalue weighted by molar-refractivity contribution is 7.11. The van der Waals surface area contributed by atoms with Gasteiger partial charge in [-0.2, -0.15) is 0 Å². The monoisotopic (exact) mass is 353 g/mol. The van der Waals surface area contributed by atoms with Gasteiger partial charge in [0, 0.05) is 11.0 Å². The van der Waals surface area contributed by atoms with Crippen molar-refractivity contribution in [1.29, 1.82) is 0 Å². The van der Waals surface area contributed by atoms with E-state index in [2.05, 4.69) is 5.32 Å². The van der Waals surface area contributed by atoms with Crippen molar-refractivity contribution in [2.24, 2.45) is 0 Å². The van der Waals surface area contributed by atoms with Gasteiger partial charge in [-0.05, 0) is 24.3 Å². The quantitative estimate of drug-likeness (QED) is 0.429. The summed E-state index contributed by atoms with van der Waals surface area (Å²) in [6.07, 6.45) is 0.666. The summed E-state index contributed by atoms with van der Waals surface area (Å²) in [6, 6.07) is 3.31. The molecule has 0 radical (unpaired) electrons. The van der Waals surface area contributed by atoms with Gasteiger partial charge in [-0.25, -0.2) is 4.79 Å². The van der Waals surface area contributed by atoms with Gasteiger partial charge in [-0.15, -0.1) is 11.3 Å². The van der Waals surface area contributed by atoms with Gasteiger partial charge in [0.2, 0.25) is 0 Å². The number of hydrogen-bond donors (Lipinski definition) is 4. The van der Waals surface area contributed by atoms with Crippen LogP contribution in [0.3, 0.4) is 0 Å². The highest BCUT2D eigenvalue weighted by Crippen LogP contribution is 2.23. The molecule has 1 aliphatic heterocycles. The number of carbonyl (C=O) groups excluding carboxylic acids is 1. The molecule has 8 nitrogen and oxygen atoms in total. The summed E-state index contributed by atoms with van der Waals surface area (Å²) >= 11 is 1.22. The molecule has 10 heteroatoms. The molecule has 0 bridgehead atoms. The van der Waals surface area contributed by atoms with E-state index >= 15 is 0 Å². The third-order valence-corrected chi connectivity index (χ3v) is 4.40. The van der Waals surface area contributed by atoms with Crippen LogP contribution in [0.4, 0.5) is 0 Å². The molecule has 24 heavy (non-hydrogen) atoms. The highest BCUT2D eigenvalue weighted by atomic mass is 32.1. The lowest BCUT2D eigenvalue weighted by Crippen LogP contribution is -2.53. The Bertz CT molecular complexity index is 646. The lowest BCUT2D eigenvalue weighted by atomic mass is 9.72. The number of aliphatic carboxylic acids is 2. The van der Waals surface area contributed by atoms with E-state index in [1.165, 1.54) is 11.3 Å². The Morgan fingerprint density at radius 2 is 2.12 bits per heavy atom. The van der Waals surface area contributed by atoms with E-state index < -0.39 is 37.0 Å². The Kier molecular flexibility index (Phi) is 6.13. The Labute approximate surface area is 141 Å². The number of carboxylic acid groups (broad SMARTS) is 2. The Hall–Kier alpha value is -2.17. The average molecular weight is 353 g/mol. The average Bonchev–Trinajstić information content (AvgIpc) is 3.00. The molecule has 128 valence electrons. The van der Waals surface area contributed by atoms with Gasteiger partial charge in [-0.1, -0.05) is 6.07 Å². The molecule has 1 amide bonds. The van der Waals surface area contributed by atoms with Gasteiger partial charge >= 0.3 is 19.1 Å². The maximum absolute atomic E-state index is 12.4. The zero-order valence-corrected chi connectivity index (χ0v) is 13.4. The molecule has 2 heterocycles. The van der Waals surface area contributed by atoms with Crippen molar-refractivity contribution < 1.29 is 34.3 Å². The van der Waals surface area contributed by atoms with Crippen molar-refractivity contribution in [1.82, 2.24) is 5.32 Å². The Morgan fingerprint density at radius 1 is 1.38 bits per heavy atom. The summed E-state index contributed by atoms with van der Waals surface area (Å²) in [5.74, 6) is -3.65. The van der Waals surface area contributed by atoms with Gasteiger partial charge in [0.1, 0.15) is 0 Å². The number of rotatable bonds is 6. The predicted molar refractivity (Wildman–Crippen MR) is 86.2 cm³/mol. The van der Waals surface area contributed by atoms with E-state index in [9.17, 15) is 19.4 Å². The fourth-order valence-electron chi connectivity index (χ4n) is 2.41. The Balaban J connectivity index is 2.03. The second-order valence-corrected chi connectivity index (χ2v) is 6.23. The Morgan fingerprint density at radius 3 is 2.67 bits per heavy atom. The van der Waals surface area contributed by atoms with Crippen LogP contribution in [-0.4, -0.2) is 52.2 Å². The van der Waals surface area contributed by atoms with Crippen molar-refractivity contribution >= 4 is 41.9 Å². The lowest BCUT2D eigenvalue weighted by Gasteiger charge is -2.31. The van der Waals surface area contributed by atoms with Crippen LogP contribution >= 0.6 is 11.3 Å². The van der Waals surface area contributed by atoms with Crippen LogP contribution < -0.4 is 5.32 Å². The summed E-state index contributed by atoms with van der Waals surface area (Å²) in [5.41, 5.74) is -0.0163. The second kappa shape index (κ2) is 8.09. The molecule has 1 fully saturated rings. The SMILES string of the molecule is O=C(O)C=C(C(=O)N[C@H]1CC[C@@H](CC(=O)O)OB1O)c1cccs1. The van der Waals surface area contributed by atoms with Crippen molar-refractivity contribution in [2.45, 2.75) is 31.3 Å². The zero-order valence-electron chi connectivity index (χ0n) is 12.5. The number of carboxylic acids is 2. The number of hydrogen-bond acceptors (Lipinski definition) is 6. The van der Waals surface area contributed by atoms with Gasteiger partial charge in [0.15, 0.2) is 0 Å². The van der Waals surface area contributed by atoms with E-state index in [0.717, 1.165) is 6.08 Å². The molecule has 2 rings (SSSR count). The van der Waals surface area contributed by atoms with Crippen LogP contribution in [0, 0.1) is 0 Å². The third kappa shape index (κ3) is 4.92. The fourth-order valence-corrected chi connectivity index (χ4v) is 3.15. The van der Waals surface area contributed by atoms with Gasteiger partial charge in [0.05, 0.1) is 24.0 Å². The molecule has 0 aliphatic carbocycles. The van der Waals surface area contributed by atoms with Crippen molar-refractivity contribution in [3.63, 3.8) is 0 Å². The third-order valence-electron chi connectivity index (χ3n) is 3.49. The summed E-state index contributed by atoms with van der Waals surface area (Å²) in [4.78, 5) is 34.4. The first-order valence-electron chi connectivity index (χ1n) is 7.21. The van der Waals surface area contributed by atoms with Crippen LogP contribution in [-0.2, 0) is 19.0 Å². The number of thiophene rings is 1. The smallest absolute Gasteiger partial charge is 0.478 e. The van der Waals surface area contributed by atoms with Crippen LogP contribution in [0.2, 0.25) is 0 Å². The zero-order chi connectivity index (χ0) is 17.7. The first kappa shape index (κ1) is 18.2. The summed E-state index contributed by atoms with van der Waals surface area (Å²) < 4.78 is 5.19. The van der Waals surface area contributed by atoms with Crippen LogP contribution in [0.1, 0.15) is 24.1 Å². The molecule has 0 spiro atoms. The molecule has 0 unspecified atom stereocenters. The van der Waals surface area contributed by atoms with E-state index in [1.54, 1.807) is 17.5 Å². The predicted octanol–water partition coefficient (Wildman–Crippen LogP) is 0.374. The molecule has 0 saturated carbocycles. The number of carbonyl (C=O) groups is 3. The molecular weight excluding hydrogens is 337 g/mol. The molecule has 2 atom stereocenters. The largest absolute Gasteiger partial charge is 0.481 e. The van der Waals surface area contributed by atoms with Crippen LogP contribution in [0.15, 0.2) is 23.6 Å². The molecular formula is C14H16BNO7S. The highest BCUT2D eigenvalue weighted by Gasteiger charge is 2.37. The van der Waals surface area contributed by atoms with Crippen molar-refractivity contribution in [3.05, 3.63) is 28.5 Å². The van der Waals surface area contributed by atoms with E-state index in [1.807, 2.05) is 0 Å². The molecule has 1 aromatic rings. The van der Waals surface area contributed by atoms with Crippen LogP contribution in [0.5, 0.6) is 0 Å². The fraction of sp³-hybridized carbons (Fsp3) is 0.357. The normalized spacial score (nSPS) is 21.4. The lowest BCUT2D eigenvalue weighted by molar-refractivity contribution is -0.139. The van der Waals surface area contributed by atoms with Gasteiger partial charge < -0.3 is 25.2 Å². The minimum Gasteiger partial charge on any atom is -0.481 e. The van der Waals surface area contributed by atoms with Gasteiger partial charge in [0.25, 0.3) is 5.91 Å². The van der Waals surface area contributed by atoms with Crippen LogP contribution in [0.25, 0.3) is 5.57 Å². The topological polar surface area (TPSA) is 133 Å². The second-order valence-electron chi connectivity index (χ2n) is 5.28. The molecule has 4 N–H and O–H groups in total. The van der Waals surface area contributed by atoms with Crippen molar-refractivity contribution in [2.75, 3.05) is 0 Å². The number of nitrogens with one attached hydrogen (secondary N) is 1. The summed E-state index contributed by atoms with van der Waals surface area (Å²) in [5, 5.41) is 31.9. The molecule has 1 saturated heterocycles. The summed E-state index contributed by atoms with van der Waals surface area (Å²) in [7, 11) is -1.35. The maximum atomic E-state index is 12.4. The first-order valence-corrected chi connectivity index (χ1v) is 8.09. The molecule has 1 aromatic heterocycles. The summed E-state index contributed by atoms with van der Waals surface area (Å²) in [6.45, 7) is 0. The first-order chi connectivity index (χ1) is 11.4. The van der Waals surface area contributed by atoms with E-state index in [-0.39, 0.29) is 12.0 Å². The minimum atomic E-state index is -1.35. The molecule has 0 aromatic carbocycles. The standard InChI is InChI=1S/C14H16BNO7S/c17-12(18)6-8-3-4-11(15(22)23-8)16-14(21)9(7-13(19)20)10-2-1-5-24-10/h1-2,5,7-8,11,22H,3-4,6H2,(H,16,21)(H,17,18)(H,19,20)/t8-,11-/m0/s1. The van der Waals surface area contributed by atoms with Crippen molar-refractivity contribution in [3.8, 4) is 0 Å². The van der Waals surface area contributed by atoms with E-state index in [0.29, 0.717) is 17.7 Å². The number of amides is 1. The minimum absolute atomic E-state index is 0.0163. The molecule has 1 aliphatic rings. The van der Waals surface area contributed by atoms with Gasteiger partial charge in [-0.3, -0.25) is 9.59 Å².